The maximum absolute atomic E-state index is 12.3. The standard InChI is InChI=1S/C12H15N3O3S/c1-8(11-6-4-5-7-13-11)15-19(16,17)12-9(2)14-18-10(12)3/h4-8,15H,1-3H3. The Kier molecular flexibility index (Phi) is 3.68. The van der Waals surface area contributed by atoms with Crippen LogP contribution in [-0.2, 0) is 10.0 Å². The summed E-state index contributed by atoms with van der Waals surface area (Å²) >= 11 is 0. The number of sulfonamides is 1. The summed E-state index contributed by atoms with van der Waals surface area (Å²) in [4.78, 5) is 4.22. The first-order chi connectivity index (χ1) is 8.92. The van der Waals surface area contributed by atoms with Crippen LogP contribution in [0.1, 0.15) is 30.1 Å². The second-order valence-corrected chi connectivity index (χ2v) is 5.90. The number of hydrogen-bond acceptors (Lipinski definition) is 5. The summed E-state index contributed by atoms with van der Waals surface area (Å²) in [5, 5.41) is 3.65. The Morgan fingerprint density at radius 3 is 2.58 bits per heavy atom. The first-order valence-corrected chi connectivity index (χ1v) is 7.26. The van der Waals surface area contributed by atoms with E-state index >= 15 is 0 Å². The summed E-state index contributed by atoms with van der Waals surface area (Å²) in [6.45, 7) is 4.90. The minimum atomic E-state index is -3.67. The Morgan fingerprint density at radius 1 is 1.32 bits per heavy atom. The summed E-state index contributed by atoms with van der Waals surface area (Å²) in [6.07, 6.45) is 1.62. The Balaban J connectivity index is 2.28. The zero-order valence-corrected chi connectivity index (χ0v) is 11.7. The molecule has 2 rings (SSSR count). The first-order valence-electron chi connectivity index (χ1n) is 5.78. The third-order valence-electron chi connectivity index (χ3n) is 2.70. The van der Waals surface area contributed by atoms with Crippen molar-refractivity contribution in [2.75, 3.05) is 0 Å². The maximum Gasteiger partial charge on any atom is 0.246 e. The van der Waals surface area contributed by atoms with E-state index in [4.69, 9.17) is 4.52 Å². The Bertz CT molecular complexity index is 645. The first kappa shape index (κ1) is 13.7. The quantitative estimate of drug-likeness (QED) is 0.922. The Labute approximate surface area is 111 Å². The lowest BCUT2D eigenvalue weighted by atomic mass is 10.2. The van der Waals surface area contributed by atoms with Gasteiger partial charge in [0.1, 0.15) is 10.6 Å². The molecular weight excluding hydrogens is 266 g/mol. The van der Waals surface area contributed by atoms with Gasteiger partial charge in [-0.2, -0.15) is 0 Å². The van der Waals surface area contributed by atoms with Gasteiger partial charge >= 0.3 is 0 Å². The SMILES string of the molecule is Cc1noc(C)c1S(=O)(=O)NC(C)c1ccccn1. The smallest absolute Gasteiger partial charge is 0.246 e. The summed E-state index contributed by atoms with van der Waals surface area (Å²) in [6, 6.07) is 4.92. The van der Waals surface area contributed by atoms with Crippen LogP contribution >= 0.6 is 0 Å². The third-order valence-corrected chi connectivity index (χ3v) is 4.48. The molecule has 0 saturated heterocycles. The molecule has 7 heteroatoms. The van der Waals surface area contributed by atoms with Crippen molar-refractivity contribution < 1.29 is 12.9 Å². The largest absolute Gasteiger partial charge is 0.360 e. The van der Waals surface area contributed by atoms with Crippen LogP contribution in [0, 0.1) is 13.8 Å². The lowest BCUT2D eigenvalue weighted by Gasteiger charge is -2.13. The topological polar surface area (TPSA) is 85.1 Å². The molecule has 0 aliphatic rings. The second kappa shape index (κ2) is 5.10. The van der Waals surface area contributed by atoms with Crippen LogP contribution in [0.3, 0.4) is 0 Å². The number of hydrogen-bond donors (Lipinski definition) is 1. The van der Waals surface area contributed by atoms with E-state index in [1.54, 1.807) is 39.1 Å². The molecule has 0 radical (unpaired) electrons. The van der Waals surface area contributed by atoms with E-state index in [2.05, 4.69) is 14.9 Å². The van der Waals surface area contributed by atoms with Gasteiger partial charge in [0, 0.05) is 6.20 Å². The highest BCUT2D eigenvalue weighted by Crippen LogP contribution is 2.21. The Morgan fingerprint density at radius 2 is 2.05 bits per heavy atom. The van der Waals surface area contributed by atoms with Gasteiger partial charge in [-0.3, -0.25) is 4.98 Å². The molecule has 2 heterocycles. The highest BCUT2D eigenvalue weighted by Gasteiger charge is 2.26. The fraction of sp³-hybridized carbons (Fsp3) is 0.333. The predicted octanol–water partition coefficient (Wildman–Crippen LogP) is 1.73. The van der Waals surface area contributed by atoms with Gasteiger partial charge < -0.3 is 4.52 Å². The van der Waals surface area contributed by atoms with E-state index in [-0.39, 0.29) is 10.7 Å². The molecule has 0 aromatic carbocycles. The van der Waals surface area contributed by atoms with Crippen molar-refractivity contribution in [3.05, 3.63) is 41.5 Å². The van der Waals surface area contributed by atoms with Crippen molar-refractivity contribution in [2.45, 2.75) is 31.7 Å². The number of aromatic nitrogens is 2. The van der Waals surface area contributed by atoms with Crippen LogP contribution in [0.15, 0.2) is 33.8 Å². The summed E-state index contributed by atoms with van der Waals surface area (Å²) in [7, 11) is -3.67. The van der Waals surface area contributed by atoms with Gasteiger partial charge in [-0.1, -0.05) is 11.2 Å². The molecule has 0 aliphatic heterocycles. The molecule has 1 N–H and O–H groups in total. The Hall–Kier alpha value is -1.73. The molecule has 0 fully saturated rings. The van der Waals surface area contributed by atoms with E-state index in [0.29, 0.717) is 11.4 Å². The van der Waals surface area contributed by atoms with E-state index < -0.39 is 16.1 Å². The maximum atomic E-state index is 12.3. The molecule has 19 heavy (non-hydrogen) atoms. The van der Waals surface area contributed by atoms with Crippen molar-refractivity contribution in [3.63, 3.8) is 0 Å². The van der Waals surface area contributed by atoms with Crippen molar-refractivity contribution in [1.29, 1.82) is 0 Å². The van der Waals surface area contributed by atoms with E-state index in [1.807, 2.05) is 6.07 Å². The monoisotopic (exact) mass is 281 g/mol. The lowest BCUT2D eigenvalue weighted by Crippen LogP contribution is -2.28. The van der Waals surface area contributed by atoms with Crippen molar-refractivity contribution in [3.8, 4) is 0 Å². The molecule has 2 aromatic rings. The molecule has 0 spiro atoms. The molecule has 0 amide bonds. The molecular formula is C12H15N3O3S. The molecule has 2 aromatic heterocycles. The molecule has 1 atom stereocenters. The molecule has 6 nitrogen and oxygen atoms in total. The predicted molar refractivity (Wildman–Crippen MR) is 69.0 cm³/mol. The van der Waals surface area contributed by atoms with E-state index in [9.17, 15) is 8.42 Å². The van der Waals surface area contributed by atoms with Crippen molar-refractivity contribution in [1.82, 2.24) is 14.9 Å². The van der Waals surface area contributed by atoms with Crippen molar-refractivity contribution in [2.24, 2.45) is 0 Å². The van der Waals surface area contributed by atoms with Crippen LogP contribution in [0.2, 0.25) is 0 Å². The van der Waals surface area contributed by atoms with Crippen LogP contribution < -0.4 is 4.72 Å². The molecule has 0 aliphatic carbocycles. The minimum Gasteiger partial charge on any atom is -0.360 e. The number of nitrogens with zero attached hydrogens (tertiary/aromatic N) is 2. The zero-order chi connectivity index (χ0) is 14.0. The number of pyridine rings is 1. The minimum absolute atomic E-state index is 0.0929. The number of aryl methyl sites for hydroxylation is 2. The van der Waals surface area contributed by atoms with Crippen LogP contribution in [0.25, 0.3) is 0 Å². The van der Waals surface area contributed by atoms with Gasteiger partial charge in [-0.25, -0.2) is 13.1 Å². The average Bonchev–Trinajstić information content (AvgIpc) is 2.70. The summed E-state index contributed by atoms with van der Waals surface area (Å²) < 4.78 is 32.0. The number of nitrogens with one attached hydrogen (secondary N) is 1. The van der Waals surface area contributed by atoms with Gasteiger partial charge in [0.25, 0.3) is 0 Å². The van der Waals surface area contributed by atoms with Gasteiger partial charge in [-0.15, -0.1) is 0 Å². The van der Waals surface area contributed by atoms with Crippen LogP contribution in [0.5, 0.6) is 0 Å². The number of rotatable bonds is 4. The zero-order valence-electron chi connectivity index (χ0n) is 10.9. The highest BCUT2D eigenvalue weighted by molar-refractivity contribution is 7.89. The van der Waals surface area contributed by atoms with Crippen molar-refractivity contribution >= 4 is 10.0 Å². The molecule has 0 saturated carbocycles. The highest BCUT2D eigenvalue weighted by atomic mass is 32.2. The van der Waals surface area contributed by atoms with Gasteiger partial charge in [-0.05, 0) is 32.9 Å². The second-order valence-electron chi connectivity index (χ2n) is 4.25. The average molecular weight is 281 g/mol. The van der Waals surface area contributed by atoms with Gasteiger partial charge in [0.05, 0.1) is 11.7 Å². The summed E-state index contributed by atoms with van der Waals surface area (Å²) in [5.74, 6) is 0.276. The van der Waals surface area contributed by atoms with Gasteiger partial charge in [0.2, 0.25) is 10.0 Å². The van der Waals surface area contributed by atoms with E-state index in [0.717, 1.165) is 0 Å². The normalized spacial score (nSPS) is 13.4. The fourth-order valence-corrected chi connectivity index (χ4v) is 3.39. The van der Waals surface area contributed by atoms with E-state index in [1.165, 1.54) is 0 Å². The lowest BCUT2D eigenvalue weighted by molar-refractivity contribution is 0.390. The fourth-order valence-electron chi connectivity index (χ4n) is 1.84. The molecule has 0 bridgehead atoms. The van der Waals surface area contributed by atoms with Crippen LogP contribution in [-0.4, -0.2) is 18.6 Å². The third kappa shape index (κ3) is 2.82. The molecule has 1 unspecified atom stereocenters. The van der Waals surface area contributed by atoms with Gasteiger partial charge in [0.15, 0.2) is 5.76 Å². The molecule has 102 valence electrons. The van der Waals surface area contributed by atoms with Crippen LogP contribution in [0.4, 0.5) is 0 Å². The summed E-state index contributed by atoms with van der Waals surface area (Å²) in [5.41, 5.74) is 0.996.